The lowest BCUT2D eigenvalue weighted by atomic mass is 9.78. The highest BCUT2D eigenvalue weighted by atomic mass is 32.2. The number of aliphatic imine (C=N–C) groups is 1. The summed E-state index contributed by atoms with van der Waals surface area (Å²) in [7, 11) is -3.13. The van der Waals surface area contributed by atoms with Gasteiger partial charge in [0.1, 0.15) is 0 Å². The number of hydrogen-bond acceptors (Lipinski definition) is 3. The van der Waals surface area contributed by atoms with Crippen LogP contribution in [0.1, 0.15) is 66.7 Å². The number of hydrogen-bond donors (Lipinski definition) is 2. The molecule has 1 rings (SSSR count). The van der Waals surface area contributed by atoms with Crippen LogP contribution in [0.25, 0.3) is 0 Å². The zero-order chi connectivity index (χ0) is 18.4. The highest BCUT2D eigenvalue weighted by Crippen LogP contribution is 2.42. The third-order valence-electron chi connectivity index (χ3n) is 5.10. The van der Waals surface area contributed by atoms with Crippen LogP contribution in [0.2, 0.25) is 0 Å². The zero-order valence-electron chi connectivity index (χ0n) is 16.4. The second-order valence-electron chi connectivity index (χ2n) is 8.39. The van der Waals surface area contributed by atoms with Crippen LogP contribution in [-0.4, -0.2) is 45.0 Å². The lowest BCUT2D eigenvalue weighted by Gasteiger charge is -2.32. The van der Waals surface area contributed by atoms with Gasteiger partial charge in [-0.3, -0.25) is 4.99 Å². The van der Waals surface area contributed by atoms with Crippen molar-refractivity contribution in [3.63, 3.8) is 0 Å². The molecule has 5 nitrogen and oxygen atoms in total. The van der Waals surface area contributed by atoms with E-state index in [1.807, 2.05) is 6.92 Å². The molecule has 0 unspecified atom stereocenters. The van der Waals surface area contributed by atoms with Gasteiger partial charge in [0.05, 0.1) is 11.3 Å². The van der Waals surface area contributed by atoms with Gasteiger partial charge in [-0.05, 0) is 51.4 Å². The normalized spacial score (nSPS) is 18.9. The molecule has 0 saturated heterocycles. The van der Waals surface area contributed by atoms with E-state index in [0.29, 0.717) is 11.3 Å². The van der Waals surface area contributed by atoms with Gasteiger partial charge in [-0.2, -0.15) is 0 Å². The van der Waals surface area contributed by atoms with Crippen molar-refractivity contribution in [1.82, 2.24) is 10.6 Å². The minimum Gasteiger partial charge on any atom is -0.357 e. The Morgan fingerprint density at radius 3 is 2.25 bits per heavy atom. The van der Waals surface area contributed by atoms with Crippen molar-refractivity contribution in [1.29, 1.82) is 0 Å². The predicted octanol–water partition coefficient (Wildman–Crippen LogP) is 2.97. The van der Waals surface area contributed by atoms with Gasteiger partial charge in [-0.25, -0.2) is 8.42 Å². The third-order valence-corrected chi connectivity index (χ3v) is 7.24. The first-order chi connectivity index (χ1) is 11.0. The molecule has 0 aromatic heterocycles. The molecule has 24 heavy (non-hydrogen) atoms. The molecule has 0 spiro atoms. The molecule has 0 aromatic rings. The van der Waals surface area contributed by atoms with Crippen LogP contribution >= 0.6 is 0 Å². The Balaban J connectivity index is 2.76. The van der Waals surface area contributed by atoms with Crippen molar-refractivity contribution >= 4 is 15.8 Å². The Hall–Kier alpha value is -0.780. The lowest BCUT2D eigenvalue weighted by molar-refractivity contribution is 0.234. The highest BCUT2D eigenvalue weighted by Gasteiger charge is 2.34. The zero-order valence-corrected chi connectivity index (χ0v) is 17.2. The number of nitrogens with zero attached hydrogens (tertiary/aromatic N) is 1. The molecule has 2 N–H and O–H groups in total. The first kappa shape index (κ1) is 21.3. The van der Waals surface area contributed by atoms with E-state index in [1.165, 1.54) is 38.4 Å². The first-order valence-electron chi connectivity index (χ1n) is 9.23. The summed E-state index contributed by atoms with van der Waals surface area (Å²) in [6.07, 6.45) is 7.67. The molecule has 0 atom stereocenters. The maximum Gasteiger partial charge on any atom is 0.191 e. The summed E-state index contributed by atoms with van der Waals surface area (Å²) in [5.41, 5.74) is 0.358. The molecule has 0 aliphatic heterocycles. The van der Waals surface area contributed by atoms with Crippen molar-refractivity contribution in [2.24, 2.45) is 16.3 Å². The lowest BCUT2D eigenvalue weighted by Crippen LogP contribution is -2.44. The summed E-state index contributed by atoms with van der Waals surface area (Å²) in [5.74, 6) is 1.41. The SMILES string of the molecule is CCNC(=NCC(C)(C)S(C)(=O)=O)NCC1(CC(C)C)CCCC1. The summed E-state index contributed by atoms with van der Waals surface area (Å²) in [6.45, 7) is 12.0. The highest BCUT2D eigenvalue weighted by molar-refractivity contribution is 7.92. The second-order valence-corrected chi connectivity index (χ2v) is 11.0. The monoisotopic (exact) mass is 359 g/mol. The molecular formula is C18H37N3O2S. The van der Waals surface area contributed by atoms with Crippen molar-refractivity contribution in [3.05, 3.63) is 0 Å². The molecule has 0 aromatic carbocycles. The van der Waals surface area contributed by atoms with Gasteiger partial charge in [-0.15, -0.1) is 0 Å². The average molecular weight is 360 g/mol. The van der Waals surface area contributed by atoms with Crippen LogP contribution in [0.3, 0.4) is 0 Å². The number of sulfone groups is 1. The van der Waals surface area contributed by atoms with Crippen LogP contribution in [0.4, 0.5) is 0 Å². The molecule has 1 saturated carbocycles. The molecule has 6 heteroatoms. The standard InChI is InChI=1S/C18H37N3O2S/c1-7-19-16(20-13-17(4,5)24(6,22)23)21-14-18(12-15(2)3)10-8-9-11-18/h15H,7-14H2,1-6H3,(H2,19,20,21). The molecule has 142 valence electrons. The Morgan fingerprint density at radius 2 is 1.79 bits per heavy atom. The third kappa shape index (κ3) is 6.26. The molecule has 0 heterocycles. The van der Waals surface area contributed by atoms with Gasteiger partial charge in [0, 0.05) is 19.3 Å². The number of rotatable bonds is 8. The van der Waals surface area contributed by atoms with Gasteiger partial charge in [-0.1, -0.05) is 26.7 Å². The van der Waals surface area contributed by atoms with Gasteiger partial charge < -0.3 is 10.6 Å². The van der Waals surface area contributed by atoms with Crippen LogP contribution in [0, 0.1) is 11.3 Å². The van der Waals surface area contributed by atoms with E-state index in [9.17, 15) is 8.42 Å². The molecule has 0 amide bonds. The number of nitrogens with one attached hydrogen (secondary N) is 2. The molecule has 0 bridgehead atoms. The summed E-state index contributed by atoms with van der Waals surface area (Å²) in [4.78, 5) is 4.54. The van der Waals surface area contributed by atoms with Crippen LogP contribution < -0.4 is 10.6 Å². The van der Waals surface area contributed by atoms with E-state index < -0.39 is 14.6 Å². The minimum absolute atomic E-state index is 0.262. The van der Waals surface area contributed by atoms with E-state index in [2.05, 4.69) is 29.5 Å². The van der Waals surface area contributed by atoms with E-state index in [0.717, 1.165) is 19.0 Å². The van der Waals surface area contributed by atoms with Crippen LogP contribution in [-0.2, 0) is 9.84 Å². The fourth-order valence-electron chi connectivity index (χ4n) is 3.44. The minimum atomic E-state index is -3.13. The van der Waals surface area contributed by atoms with Crippen molar-refractivity contribution in [3.8, 4) is 0 Å². The molecular weight excluding hydrogens is 322 g/mol. The molecule has 1 aliphatic carbocycles. The fourth-order valence-corrected chi connectivity index (χ4v) is 3.74. The van der Waals surface area contributed by atoms with Gasteiger partial charge in [0.2, 0.25) is 0 Å². The smallest absolute Gasteiger partial charge is 0.191 e. The maximum absolute atomic E-state index is 11.9. The average Bonchev–Trinajstić information content (AvgIpc) is 2.88. The van der Waals surface area contributed by atoms with Gasteiger partial charge in [0.25, 0.3) is 0 Å². The van der Waals surface area contributed by atoms with Gasteiger partial charge >= 0.3 is 0 Å². The fraction of sp³-hybridized carbons (Fsp3) is 0.944. The van der Waals surface area contributed by atoms with Crippen LogP contribution in [0.15, 0.2) is 4.99 Å². The molecule has 1 fully saturated rings. The van der Waals surface area contributed by atoms with E-state index in [1.54, 1.807) is 13.8 Å². The Bertz CT molecular complexity index is 518. The topological polar surface area (TPSA) is 70.6 Å². The van der Waals surface area contributed by atoms with Crippen molar-refractivity contribution in [2.45, 2.75) is 71.5 Å². The van der Waals surface area contributed by atoms with E-state index in [4.69, 9.17) is 0 Å². The van der Waals surface area contributed by atoms with Crippen LogP contribution in [0.5, 0.6) is 0 Å². The predicted molar refractivity (Wildman–Crippen MR) is 103 cm³/mol. The molecule has 1 aliphatic rings. The summed E-state index contributed by atoms with van der Waals surface area (Å²) < 4.78 is 22.9. The quantitative estimate of drug-likeness (QED) is 0.516. The largest absolute Gasteiger partial charge is 0.357 e. The summed E-state index contributed by atoms with van der Waals surface area (Å²) in [6, 6.07) is 0. The van der Waals surface area contributed by atoms with Crippen molar-refractivity contribution in [2.75, 3.05) is 25.9 Å². The maximum atomic E-state index is 11.9. The Kier molecular flexibility index (Phi) is 7.57. The second kappa shape index (κ2) is 8.54. The first-order valence-corrected chi connectivity index (χ1v) is 11.1. The summed E-state index contributed by atoms with van der Waals surface area (Å²) in [5, 5.41) is 6.72. The Labute approximate surface area is 149 Å². The molecule has 0 radical (unpaired) electrons. The Morgan fingerprint density at radius 1 is 1.21 bits per heavy atom. The summed E-state index contributed by atoms with van der Waals surface area (Å²) >= 11 is 0. The number of guanidine groups is 1. The van der Waals surface area contributed by atoms with E-state index >= 15 is 0 Å². The van der Waals surface area contributed by atoms with E-state index in [-0.39, 0.29) is 6.54 Å². The van der Waals surface area contributed by atoms with Gasteiger partial charge in [0.15, 0.2) is 15.8 Å². The van der Waals surface area contributed by atoms with Crippen molar-refractivity contribution < 1.29 is 8.42 Å².